The van der Waals surface area contributed by atoms with Crippen LogP contribution in [0.3, 0.4) is 0 Å². The van der Waals surface area contributed by atoms with Crippen LogP contribution in [0.5, 0.6) is 5.75 Å². The van der Waals surface area contributed by atoms with Crippen LogP contribution in [-0.2, 0) is 39.8 Å². The molecule has 1 saturated heterocycles. The van der Waals surface area contributed by atoms with Gasteiger partial charge >= 0.3 is 7.82 Å². The first-order valence-electron chi connectivity index (χ1n) is 13.7. The van der Waals surface area contributed by atoms with Gasteiger partial charge in [0.15, 0.2) is 0 Å². The Morgan fingerprint density at radius 3 is 2.23 bits per heavy atom. The predicted molar refractivity (Wildman–Crippen MR) is 160 cm³/mol. The highest BCUT2D eigenvalue weighted by molar-refractivity contribution is 7.98. The third-order valence-corrected chi connectivity index (χ3v) is 7.78. The highest BCUT2D eigenvalue weighted by atomic mass is 32.2. The average Bonchev–Trinajstić information content (AvgIpc) is 3.42. The normalized spacial score (nSPS) is 16.7. The zero-order chi connectivity index (χ0) is 33.0. The number of benzene rings is 1. The van der Waals surface area contributed by atoms with Crippen molar-refractivity contribution in [3.8, 4) is 5.75 Å². The number of thioether (sulfide) groups is 1. The van der Waals surface area contributed by atoms with E-state index < -0.39 is 67.4 Å². The zero-order valence-electron chi connectivity index (χ0n) is 24.4. The van der Waals surface area contributed by atoms with E-state index in [1.165, 1.54) is 47.9 Å². The van der Waals surface area contributed by atoms with Gasteiger partial charge in [-0.2, -0.15) is 11.8 Å². The van der Waals surface area contributed by atoms with Crippen LogP contribution in [0.4, 0.5) is 0 Å². The summed E-state index contributed by atoms with van der Waals surface area (Å²) in [6.45, 7) is 1.45. The molecule has 0 saturated carbocycles. The number of hydrogen-bond donors (Lipinski definition) is 7. The number of carbonyl (C=O) groups excluding carboxylic acids is 6. The van der Waals surface area contributed by atoms with Gasteiger partial charge in [-0.25, -0.2) is 4.57 Å². The number of carbonyl (C=O) groups is 6. The van der Waals surface area contributed by atoms with Crippen molar-refractivity contribution in [3.63, 3.8) is 0 Å². The molecule has 0 unspecified atom stereocenters. The van der Waals surface area contributed by atoms with Crippen LogP contribution in [-0.4, -0.2) is 92.9 Å². The molecule has 1 aliphatic heterocycles. The van der Waals surface area contributed by atoms with E-state index in [2.05, 4.69) is 20.5 Å². The summed E-state index contributed by atoms with van der Waals surface area (Å²) in [6.07, 6.45) is 2.56. The Morgan fingerprint density at radius 1 is 1.02 bits per heavy atom. The van der Waals surface area contributed by atoms with Gasteiger partial charge in [0.2, 0.25) is 35.4 Å². The Balaban J connectivity index is 2.19. The van der Waals surface area contributed by atoms with E-state index in [1.54, 1.807) is 0 Å². The topological polar surface area (TPSA) is 261 Å². The molecule has 16 nitrogen and oxygen atoms in total. The van der Waals surface area contributed by atoms with E-state index in [4.69, 9.17) is 21.3 Å². The molecule has 0 bridgehead atoms. The molecule has 0 aromatic heterocycles. The third-order valence-electron chi connectivity index (χ3n) is 6.68. The summed E-state index contributed by atoms with van der Waals surface area (Å²) in [5.41, 5.74) is 11.0. The maximum atomic E-state index is 13.7. The molecule has 0 aliphatic carbocycles. The first kappa shape index (κ1) is 36.5. The van der Waals surface area contributed by atoms with Crippen LogP contribution >= 0.6 is 19.6 Å². The number of phosphoric ester groups is 1. The molecule has 244 valence electrons. The second-order valence-electron chi connectivity index (χ2n) is 10.2. The molecule has 0 spiro atoms. The molecule has 0 radical (unpaired) electrons. The van der Waals surface area contributed by atoms with E-state index in [0.717, 1.165) is 0 Å². The first-order chi connectivity index (χ1) is 20.6. The number of nitrogens with one attached hydrogen (secondary N) is 3. The van der Waals surface area contributed by atoms with E-state index in [9.17, 15) is 33.3 Å². The minimum Gasteiger partial charge on any atom is -0.404 e. The standard InChI is InChI=1S/C26H39N6O10PS/c1-15(33)29-20(14-16-5-7-17(8-6-16)42-43(39,40)41)24(36)31-19(11-13-44-2)26(38)32-12-3-4-21(32)25(37)30-18(23(28)35)9-10-22(27)34/h5-8,18-21H,3-4,9-14H2,1-2H3,(H2,27,34)(H2,28,35)(H,29,33)(H,30,37)(H,31,36)(H2,39,40,41)/t18-,19-,20-,21+/m0/s1. The van der Waals surface area contributed by atoms with Gasteiger partial charge < -0.3 is 36.8 Å². The van der Waals surface area contributed by atoms with E-state index >= 15 is 0 Å². The van der Waals surface area contributed by atoms with Crippen LogP contribution in [0.2, 0.25) is 0 Å². The van der Waals surface area contributed by atoms with Gasteiger partial charge in [-0.3, -0.25) is 38.6 Å². The van der Waals surface area contributed by atoms with E-state index in [0.29, 0.717) is 24.2 Å². The molecule has 1 aromatic carbocycles. The Labute approximate surface area is 258 Å². The van der Waals surface area contributed by atoms with Crippen LogP contribution < -0.4 is 31.9 Å². The highest BCUT2D eigenvalue weighted by Crippen LogP contribution is 2.37. The number of likely N-dealkylation sites (tertiary alicyclic amines) is 1. The second-order valence-corrected chi connectivity index (χ2v) is 12.3. The third kappa shape index (κ3) is 12.1. The summed E-state index contributed by atoms with van der Waals surface area (Å²) in [7, 11) is -4.76. The number of nitrogens with two attached hydrogens (primary N) is 2. The van der Waals surface area contributed by atoms with Crippen molar-refractivity contribution in [1.82, 2.24) is 20.9 Å². The molecule has 2 rings (SSSR count). The van der Waals surface area contributed by atoms with Gasteiger partial charge in [0, 0.05) is 26.3 Å². The summed E-state index contributed by atoms with van der Waals surface area (Å²) in [4.78, 5) is 94.3. The summed E-state index contributed by atoms with van der Waals surface area (Å²) in [5, 5.41) is 7.76. The maximum Gasteiger partial charge on any atom is 0.524 e. The molecule has 6 amide bonds. The smallest absolute Gasteiger partial charge is 0.404 e. The zero-order valence-corrected chi connectivity index (χ0v) is 26.1. The predicted octanol–water partition coefficient (Wildman–Crippen LogP) is -1.33. The molecule has 1 aliphatic rings. The van der Waals surface area contributed by atoms with Crippen molar-refractivity contribution in [1.29, 1.82) is 0 Å². The fourth-order valence-electron chi connectivity index (χ4n) is 4.62. The Bertz CT molecular complexity index is 1260. The number of amides is 6. The fraction of sp³-hybridized carbons (Fsp3) is 0.538. The quantitative estimate of drug-likeness (QED) is 0.0965. The average molecular weight is 659 g/mol. The SMILES string of the molecule is CSCC[C@H](NC(=O)[C@H](Cc1ccc(OP(=O)(O)O)cc1)NC(C)=O)C(=O)N1CCC[C@@H]1C(=O)N[C@@H](CCC(N)=O)C(N)=O. The molecule has 4 atom stereocenters. The van der Waals surface area contributed by atoms with Crippen LogP contribution in [0.15, 0.2) is 24.3 Å². The minimum absolute atomic E-state index is 0.0143. The van der Waals surface area contributed by atoms with E-state index in [1.807, 2.05) is 6.26 Å². The lowest BCUT2D eigenvalue weighted by molar-refractivity contribution is -0.142. The molecule has 44 heavy (non-hydrogen) atoms. The van der Waals surface area contributed by atoms with Gasteiger partial charge in [-0.1, -0.05) is 12.1 Å². The van der Waals surface area contributed by atoms with Crippen LogP contribution in [0.1, 0.15) is 44.6 Å². The van der Waals surface area contributed by atoms with E-state index in [-0.39, 0.29) is 38.0 Å². The Morgan fingerprint density at radius 2 is 1.68 bits per heavy atom. The summed E-state index contributed by atoms with van der Waals surface area (Å²) >= 11 is 1.44. The number of primary amides is 2. The van der Waals surface area contributed by atoms with Gasteiger partial charge in [0.25, 0.3) is 0 Å². The van der Waals surface area contributed by atoms with Crippen LogP contribution in [0, 0.1) is 0 Å². The summed E-state index contributed by atoms with van der Waals surface area (Å²) in [6, 6.07) is 1.31. The lowest BCUT2D eigenvalue weighted by Crippen LogP contribution is -2.58. The number of rotatable bonds is 17. The van der Waals surface area contributed by atoms with Crippen molar-refractivity contribution in [2.24, 2.45) is 11.5 Å². The minimum atomic E-state index is -4.76. The highest BCUT2D eigenvalue weighted by Gasteiger charge is 2.39. The van der Waals surface area contributed by atoms with Crippen molar-refractivity contribution in [2.75, 3.05) is 18.6 Å². The fourth-order valence-corrected chi connectivity index (χ4v) is 5.49. The van der Waals surface area contributed by atoms with Gasteiger partial charge in [-0.15, -0.1) is 0 Å². The maximum absolute atomic E-state index is 13.7. The van der Waals surface area contributed by atoms with Gasteiger partial charge in [0.05, 0.1) is 0 Å². The molecular formula is C26H39N6O10PS. The van der Waals surface area contributed by atoms with Crippen molar-refractivity contribution < 1.29 is 47.6 Å². The molecule has 1 fully saturated rings. The van der Waals surface area contributed by atoms with Crippen molar-refractivity contribution in [3.05, 3.63) is 29.8 Å². The van der Waals surface area contributed by atoms with Crippen molar-refractivity contribution in [2.45, 2.75) is 69.6 Å². The monoisotopic (exact) mass is 658 g/mol. The van der Waals surface area contributed by atoms with Gasteiger partial charge in [0.1, 0.15) is 29.9 Å². The molecule has 1 aromatic rings. The molecule has 1 heterocycles. The van der Waals surface area contributed by atoms with Gasteiger partial charge in [-0.05, 0) is 55.4 Å². The largest absolute Gasteiger partial charge is 0.524 e. The molecule has 9 N–H and O–H groups in total. The number of phosphoric acid groups is 1. The Kier molecular flexibility index (Phi) is 14.1. The summed E-state index contributed by atoms with van der Waals surface area (Å²) in [5.74, 6) is -3.42. The second kappa shape index (κ2) is 17.0. The Hall–Kier alpha value is -3.66. The first-order valence-corrected chi connectivity index (χ1v) is 16.6. The van der Waals surface area contributed by atoms with Crippen molar-refractivity contribution >= 4 is 55.0 Å². The molecular weight excluding hydrogens is 619 g/mol. The lowest BCUT2D eigenvalue weighted by Gasteiger charge is -2.30. The lowest BCUT2D eigenvalue weighted by atomic mass is 10.0. The molecule has 18 heteroatoms. The summed E-state index contributed by atoms with van der Waals surface area (Å²) < 4.78 is 15.6. The number of hydrogen-bond acceptors (Lipinski definition) is 9. The van der Waals surface area contributed by atoms with Crippen LogP contribution in [0.25, 0.3) is 0 Å². The number of nitrogens with zero attached hydrogens (tertiary/aromatic N) is 1.